The molecule has 4 aliphatic heterocycles. The van der Waals surface area contributed by atoms with Crippen LogP contribution >= 0.6 is 0 Å². The molecule has 4 atom stereocenters. The number of benzene rings is 1. The monoisotopic (exact) mass is 477 g/mol. The van der Waals surface area contributed by atoms with Crippen molar-refractivity contribution in [3.63, 3.8) is 0 Å². The van der Waals surface area contributed by atoms with Gasteiger partial charge in [0.15, 0.2) is 5.78 Å². The summed E-state index contributed by atoms with van der Waals surface area (Å²) in [5, 5.41) is 5.92. The molecule has 0 radical (unpaired) electrons. The summed E-state index contributed by atoms with van der Waals surface area (Å²) in [5.41, 5.74) is 1.33. The average molecular weight is 478 g/mol. The Kier molecular flexibility index (Phi) is 7.24. The Morgan fingerprint density at radius 2 is 1.77 bits per heavy atom. The smallest absolute Gasteiger partial charge is 0.319 e. The van der Waals surface area contributed by atoms with Gasteiger partial charge in [-0.2, -0.15) is 0 Å². The van der Waals surface area contributed by atoms with Crippen molar-refractivity contribution in [2.45, 2.75) is 25.8 Å². The molecule has 2 amide bonds. The van der Waals surface area contributed by atoms with E-state index in [0.717, 1.165) is 64.1 Å². The molecule has 4 aliphatic rings. The van der Waals surface area contributed by atoms with Crippen LogP contribution < -0.4 is 15.5 Å². The van der Waals surface area contributed by atoms with Gasteiger partial charge in [-0.1, -0.05) is 0 Å². The number of amides is 2. The summed E-state index contributed by atoms with van der Waals surface area (Å²) in [7, 11) is 0. The number of hydrogen-bond acceptors (Lipinski definition) is 7. The highest BCUT2D eigenvalue weighted by Gasteiger charge is 2.40. The van der Waals surface area contributed by atoms with Gasteiger partial charge in [0.1, 0.15) is 0 Å². The Balaban J connectivity index is 1.05. The molecule has 1 aromatic carbocycles. The van der Waals surface area contributed by atoms with E-state index in [9.17, 15) is 9.59 Å². The fourth-order valence-electron chi connectivity index (χ4n) is 5.76. The number of anilines is 2. The summed E-state index contributed by atoms with van der Waals surface area (Å²) < 4.78 is 0. The molecule has 4 fully saturated rings. The number of piperazine rings is 1. The third-order valence-corrected chi connectivity index (χ3v) is 7.76. The minimum atomic E-state index is -0.194. The number of rotatable bonds is 7. The summed E-state index contributed by atoms with van der Waals surface area (Å²) in [6, 6.07) is 9.07. The molecule has 9 nitrogen and oxygen atoms in total. The van der Waals surface area contributed by atoms with Gasteiger partial charge in [0, 0.05) is 75.5 Å². The Bertz CT molecular complexity index is 1010. The second-order valence-electron chi connectivity index (χ2n) is 10.00. The van der Waals surface area contributed by atoms with Gasteiger partial charge in [0.2, 0.25) is 5.95 Å². The molecule has 35 heavy (non-hydrogen) atoms. The molecule has 5 heterocycles. The van der Waals surface area contributed by atoms with E-state index in [1.807, 2.05) is 18.5 Å². The molecule has 0 aliphatic carbocycles. The third kappa shape index (κ3) is 5.79. The SMILES string of the molecule is CC(=O)c1ccc(NC(=O)NC[C@@H]2C[C@H]3CCN2C[C@@H]3CN2CCN(c3ncccn3)CC2)cc1. The van der Waals surface area contributed by atoms with Crippen molar-refractivity contribution in [1.29, 1.82) is 0 Å². The molecular formula is C26H35N7O2. The minimum absolute atomic E-state index is 0.0183. The van der Waals surface area contributed by atoms with Crippen LogP contribution in [-0.4, -0.2) is 90.0 Å². The Morgan fingerprint density at radius 1 is 1.03 bits per heavy atom. The summed E-state index contributed by atoms with van der Waals surface area (Å²) in [6.07, 6.45) is 6.02. The molecule has 0 saturated carbocycles. The van der Waals surface area contributed by atoms with Gasteiger partial charge in [-0.3, -0.25) is 14.6 Å². The second-order valence-corrected chi connectivity index (χ2v) is 10.00. The first-order valence-electron chi connectivity index (χ1n) is 12.7. The number of carbonyl (C=O) groups is 2. The van der Waals surface area contributed by atoms with Crippen molar-refractivity contribution < 1.29 is 9.59 Å². The molecular weight excluding hydrogens is 442 g/mol. The van der Waals surface area contributed by atoms with Crippen LogP contribution in [0.25, 0.3) is 0 Å². The Hall–Kier alpha value is -3.04. The predicted molar refractivity (Wildman–Crippen MR) is 136 cm³/mol. The van der Waals surface area contributed by atoms with Gasteiger partial charge in [-0.05, 0) is 68.5 Å². The first kappa shape index (κ1) is 23.7. The number of Topliss-reactive ketones (excluding diaryl/α,β-unsaturated/α-hetero) is 1. The highest BCUT2D eigenvalue weighted by Crippen LogP contribution is 2.36. The molecule has 186 valence electrons. The zero-order valence-electron chi connectivity index (χ0n) is 20.4. The predicted octanol–water partition coefficient (Wildman–Crippen LogP) is 2.33. The number of fused-ring (bicyclic) bond motifs is 3. The van der Waals surface area contributed by atoms with Gasteiger partial charge < -0.3 is 15.5 Å². The number of nitrogens with zero attached hydrogens (tertiary/aromatic N) is 5. The van der Waals surface area contributed by atoms with E-state index in [-0.39, 0.29) is 11.8 Å². The van der Waals surface area contributed by atoms with Crippen LogP contribution in [0.1, 0.15) is 30.1 Å². The first-order valence-corrected chi connectivity index (χ1v) is 12.7. The lowest BCUT2D eigenvalue weighted by Crippen LogP contribution is -2.59. The molecule has 1 unspecified atom stereocenters. The zero-order chi connectivity index (χ0) is 24.2. The molecule has 0 spiro atoms. The third-order valence-electron chi connectivity index (χ3n) is 7.76. The number of hydrogen-bond donors (Lipinski definition) is 2. The van der Waals surface area contributed by atoms with E-state index >= 15 is 0 Å². The molecule has 2 N–H and O–H groups in total. The topological polar surface area (TPSA) is 93.7 Å². The van der Waals surface area contributed by atoms with E-state index in [2.05, 4.69) is 35.3 Å². The maximum atomic E-state index is 12.4. The highest BCUT2D eigenvalue weighted by atomic mass is 16.2. The number of piperidine rings is 3. The van der Waals surface area contributed by atoms with Crippen molar-refractivity contribution in [3.05, 3.63) is 48.3 Å². The first-order chi connectivity index (χ1) is 17.0. The molecule has 2 bridgehead atoms. The van der Waals surface area contributed by atoms with Crippen LogP contribution in [0.2, 0.25) is 0 Å². The molecule has 1 aromatic heterocycles. The normalized spacial score (nSPS) is 26.4. The summed E-state index contributed by atoms with van der Waals surface area (Å²) in [6.45, 7) is 9.66. The summed E-state index contributed by atoms with van der Waals surface area (Å²) in [5.74, 6) is 2.28. The molecule has 4 saturated heterocycles. The number of urea groups is 1. The largest absolute Gasteiger partial charge is 0.338 e. The molecule has 9 heteroatoms. The fourth-order valence-corrected chi connectivity index (χ4v) is 5.76. The maximum absolute atomic E-state index is 12.4. The van der Waals surface area contributed by atoms with E-state index in [1.165, 1.54) is 13.3 Å². The van der Waals surface area contributed by atoms with Crippen molar-refractivity contribution in [2.24, 2.45) is 11.8 Å². The highest BCUT2D eigenvalue weighted by molar-refractivity contribution is 5.95. The van der Waals surface area contributed by atoms with Crippen LogP contribution in [0.4, 0.5) is 16.4 Å². The Labute approximate surface area is 206 Å². The fraction of sp³-hybridized carbons (Fsp3) is 0.538. The molecule has 2 aromatic rings. The molecule has 6 rings (SSSR count). The van der Waals surface area contributed by atoms with E-state index in [1.54, 1.807) is 24.3 Å². The van der Waals surface area contributed by atoms with Crippen molar-refractivity contribution in [2.75, 3.05) is 62.6 Å². The lowest BCUT2D eigenvalue weighted by Gasteiger charge is -2.51. The van der Waals surface area contributed by atoms with Gasteiger partial charge in [0.25, 0.3) is 0 Å². The van der Waals surface area contributed by atoms with E-state index in [0.29, 0.717) is 29.8 Å². The standard InChI is InChI=1S/C26H35N7O2/c1-19(34)20-3-5-23(6-4-20)30-26(35)29-16-24-15-21-7-10-33(24)18-22(21)17-31-11-13-32(14-12-31)25-27-8-2-9-28-25/h2-6,8-9,21-22,24H,7,10-18H2,1H3,(H2,29,30,35)/t21-,22+,24+/m1/s1. The summed E-state index contributed by atoms with van der Waals surface area (Å²) >= 11 is 0. The summed E-state index contributed by atoms with van der Waals surface area (Å²) in [4.78, 5) is 40.0. The van der Waals surface area contributed by atoms with Gasteiger partial charge in [0.05, 0.1) is 0 Å². The van der Waals surface area contributed by atoms with Crippen LogP contribution in [0.5, 0.6) is 0 Å². The van der Waals surface area contributed by atoms with Crippen LogP contribution in [0.15, 0.2) is 42.7 Å². The van der Waals surface area contributed by atoms with Crippen LogP contribution in [-0.2, 0) is 0 Å². The lowest BCUT2D eigenvalue weighted by atomic mass is 9.75. The van der Waals surface area contributed by atoms with E-state index < -0.39 is 0 Å². The lowest BCUT2D eigenvalue weighted by molar-refractivity contribution is -0.0114. The second kappa shape index (κ2) is 10.7. The number of ketones is 1. The maximum Gasteiger partial charge on any atom is 0.319 e. The number of aromatic nitrogens is 2. The van der Waals surface area contributed by atoms with Crippen molar-refractivity contribution in [3.8, 4) is 0 Å². The minimum Gasteiger partial charge on any atom is -0.338 e. The zero-order valence-corrected chi connectivity index (χ0v) is 20.4. The Morgan fingerprint density at radius 3 is 2.43 bits per heavy atom. The van der Waals surface area contributed by atoms with Crippen molar-refractivity contribution in [1.82, 2.24) is 25.1 Å². The quantitative estimate of drug-likeness (QED) is 0.591. The van der Waals surface area contributed by atoms with Crippen LogP contribution in [0, 0.1) is 11.8 Å². The average Bonchev–Trinajstić information content (AvgIpc) is 2.89. The number of carbonyl (C=O) groups excluding carboxylic acids is 2. The van der Waals surface area contributed by atoms with Crippen molar-refractivity contribution >= 4 is 23.5 Å². The van der Waals surface area contributed by atoms with Gasteiger partial charge >= 0.3 is 6.03 Å². The van der Waals surface area contributed by atoms with Gasteiger partial charge in [-0.15, -0.1) is 0 Å². The van der Waals surface area contributed by atoms with Gasteiger partial charge in [-0.25, -0.2) is 14.8 Å². The van der Waals surface area contributed by atoms with Crippen LogP contribution in [0.3, 0.4) is 0 Å². The number of nitrogens with one attached hydrogen (secondary N) is 2. The van der Waals surface area contributed by atoms with E-state index in [4.69, 9.17) is 0 Å².